The van der Waals surface area contributed by atoms with Crippen molar-refractivity contribution in [2.24, 2.45) is 0 Å². The van der Waals surface area contributed by atoms with Crippen molar-refractivity contribution in [1.82, 2.24) is 19.1 Å². The van der Waals surface area contributed by atoms with Crippen molar-refractivity contribution < 1.29 is 44.2 Å². The minimum Gasteiger partial charge on any atom is -0.380 e. The zero-order valence-electron chi connectivity index (χ0n) is 29.6. The van der Waals surface area contributed by atoms with E-state index in [4.69, 9.17) is 42.1 Å². The Morgan fingerprint density at radius 1 is 0.660 bits per heavy atom. The molecule has 0 saturated heterocycles. The van der Waals surface area contributed by atoms with Crippen LogP contribution in [0.3, 0.4) is 0 Å². The largest absolute Gasteiger partial charge is 0.380 e. The first-order chi connectivity index (χ1) is 25.2. The number of likely N-dealkylation sites (N-methyl/N-ethyl adjacent to an activating group) is 1. The smallest absolute Gasteiger partial charge is 0.240 e. The fraction of sp³-hybridized carbons (Fsp3) is 0.471. The summed E-state index contributed by atoms with van der Waals surface area (Å²) in [6, 6.07) is 15.5. The second kappa shape index (κ2) is 20.6. The third kappa shape index (κ3) is 13.2. The number of nitrogens with zero attached hydrogens (tertiary/aromatic N) is 1. The van der Waals surface area contributed by atoms with Crippen LogP contribution in [0.5, 0.6) is 0 Å². The molecule has 19 heteroatoms. The second-order valence-electron chi connectivity index (χ2n) is 12.0. The van der Waals surface area contributed by atoms with Gasteiger partial charge in [-0.05, 0) is 73.1 Å². The number of nitrogens with one attached hydrogen (secondary N) is 3. The fourth-order valence-corrected chi connectivity index (χ4v) is 9.35. The first-order valence-corrected chi connectivity index (χ1v) is 22.1. The van der Waals surface area contributed by atoms with E-state index in [0.717, 1.165) is 22.8 Å². The van der Waals surface area contributed by atoms with Gasteiger partial charge in [0, 0.05) is 55.3 Å². The van der Waals surface area contributed by atoms with Gasteiger partial charge in [-0.1, -0.05) is 41.4 Å². The molecule has 1 aliphatic heterocycles. The summed E-state index contributed by atoms with van der Waals surface area (Å²) in [5, 5.41) is 1.13. The highest BCUT2D eigenvalue weighted by molar-refractivity contribution is 7.90. The van der Waals surface area contributed by atoms with Gasteiger partial charge in [0.25, 0.3) is 0 Å². The average Bonchev–Trinajstić information content (AvgIpc) is 3.12. The molecule has 0 aromatic heterocycles. The Balaban J connectivity index is 1.09. The lowest BCUT2D eigenvalue weighted by Crippen LogP contribution is -2.31. The lowest BCUT2D eigenvalue weighted by molar-refractivity contribution is 0.0167. The molecule has 0 spiro atoms. The first kappa shape index (κ1) is 43.5. The number of halogens is 2. The highest BCUT2D eigenvalue weighted by atomic mass is 35.5. The summed E-state index contributed by atoms with van der Waals surface area (Å²) >= 11 is 12.8. The van der Waals surface area contributed by atoms with Gasteiger partial charge in [0.2, 0.25) is 30.1 Å². The highest BCUT2D eigenvalue weighted by Gasteiger charge is 2.28. The van der Waals surface area contributed by atoms with Gasteiger partial charge in [-0.3, -0.25) is 0 Å². The van der Waals surface area contributed by atoms with Crippen LogP contribution in [0.15, 0.2) is 75.4 Å². The molecule has 0 amide bonds. The maximum Gasteiger partial charge on any atom is 0.240 e. The van der Waals surface area contributed by atoms with Crippen LogP contribution < -0.4 is 14.2 Å². The summed E-state index contributed by atoms with van der Waals surface area (Å²) < 4.78 is 105. The summed E-state index contributed by atoms with van der Waals surface area (Å²) in [6.07, 6.45) is 0. The topological polar surface area (TPSA) is 179 Å². The van der Waals surface area contributed by atoms with Crippen molar-refractivity contribution in [3.05, 3.63) is 87.4 Å². The third-order valence-corrected chi connectivity index (χ3v) is 13.0. The zero-order chi connectivity index (χ0) is 38.5. The zero-order valence-corrected chi connectivity index (χ0v) is 33.5. The Morgan fingerprint density at radius 3 is 1.66 bits per heavy atom. The quantitative estimate of drug-likeness (QED) is 0.120. The number of hydrogen-bond donors (Lipinski definition) is 3. The van der Waals surface area contributed by atoms with E-state index >= 15 is 0 Å². The van der Waals surface area contributed by atoms with E-state index in [0.29, 0.717) is 29.7 Å². The molecule has 294 valence electrons. The van der Waals surface area contributed by atoms with Crippen LogP contribution in [0, 0.1) is 0 Å². The number of ether oxygens (including phenoxy) is 4. The Labute approximate surface area is 322 Å². The van der Waals surface area contributed by atoms with Crippen molar-refractivity contribution in [2.75, 3.05) is 86.1 Å². The molecule has 0 saturated carbocycles. The standard InChI is InChI=1S/C34H46Cl2N4O10S3/c1-3-47-13-10-37-52(43,44)29-8-5-9-30(23-29)53(45,46)39-12-15-49-17-19-50-18-16-48-14-11-38-51(41,42)28-7-4-6-26(20-28)32-24-40(2)25-33-31(32)21-27(35)22-34(33)36/h4-9,20-23,32,37-39H,3,10-19,24-25H2,1-2H3. The molecule has 4 rings (SSSR count). The van der Waals surface area contributed by atoms with E-state index in [1.165, 1.54) is 18.2 Å². The van der Waals surface area contributed by atoms with Crippen LogP contribution in [0.1, 0.15) is 29.5 Å². The molecule has 1 aliphatic rings. The van der Waals surface area contributed by atoms with Gasteiger partial charge in [-0.15, -0.1) is 0 Å². The van der Waals surface area contributed by atoms with Crippen LogP contribution in [0.2, 0.25) is 10.0 Å². The molecule has 3 N–H and O–H groups in total. The number of rotatable bonds is 23. The first-order valence-electron chi connectivity index (χ1n) is 16.9. The molecular weight excluding hydrogens is 791 g/mol. The maximum absolute atomic E-state index is 13.1. The van der Waals surface area contributed by atoms with E-state index in [9.17, 15) is 25.3 Å². The SMILES string of the molecule is CCOCCNS(=O)(=O)c1cccc(S(=O)(=O)NCCOCCOCCOCCNS(=O)(=O)c2cccc(C3CN(C)Cc4c(Cl)cc(Cl)cc43)c2)c1. The van der Waals surface area contributed by atoms with Gasteiger partial charge >= 0.3 is 0 Å². The van der Waals surface area contributed by atoms with E-state index in [1.807, 2.05) is 19.2 Å². The molecule has 0 radical (unpaired) electrons. The number of benzene rings is 3. The predicted octanol–water partition coefficient (Wildman–Crippen LogP) is 3.19. The summed E-state index contributed by atoms with van der Waals surface area (Å²) in [5.41, 5.74) is 2.82. The summed E-state index contributed by atoms with van der Waals surface area (Å²) in [7, 11) is -9.69. The van der Waals surface area contributed by atoms with Crippen molar-refractivity contribution in [1.29, 1.82) is 0 Å². The highest BCUT2D eigenvalue weighted by Crippen LogP contribution is 2.38. The fourth-order valence-electron chi connectivity index (χ4n) is 5.52. The Morgan fingerprint density at radius 2 is 1.13 bits per heavy atom. The molecular formula is C34H46Cl2N4O10S3. The van der Waals surface area contributed by atoms with Gasteiger partial charge in [0.1, 0.15) is 0 Å². The minimum atomic E-state index is -3.98. The summed E-state index contributed by atoms with van der Waals surface area (Å²) in [4.78, 5) is 1.92. The lowest BCUT2D eigenvalue weighted by Gasteiger charge is -2.33. The molecule has 53 heavy (non-hydrogen) atoms. The molecule has 14 nitrogen and oxygen atoms in total. The van der Waals surface area contributed by atoms with Crippen molar-refractivity contribution >= 4 is 53.3 Å². The Kier molecular flexibility index (Phi) is 16.9. The molecule has 1 heterocycles. The number of sulfonamides is 3. The van der Waals surface area contributed by atoms with Crippen molar-refractivity contribution in [3.63, 3.8) is 0 Å². The Bertz CT molecular complexity index is 1990. The molecule has 3 aromatic rings. The van der Waals surface area contributed by atoms with Crippen LogP contribution in [0.4, 0.5) is 0 Å². The van der Waals surface area contributed by atoms with Crippen LogP contribution in [-0.4, -0.2) is 116 Å². The van der Waals surface area contributed by atoms with E-state index in [-0.39, 0.29) is 86.5 Å². The predicted molar refractivity (Wildman–Crippen MR) is 202 cm³/mol. The van der Waals surface area contributed by atoms with Crippen LogP contribution in [0.25, 0.3) is 0 Å². The van der Waals surface area contributed by atoms with Crippen molar-refractivity contribution in [3.8, 4) is 0 Å². The normalized spacial score (nSPS) is 15.4. The molecule has 0 fully saturated rings. The third-order valence-electron chi connectivity index (χ3n) is 8.05. The number of fused-ring (bicyclic) bond motifs is 1. The van der Waals surface area contributed by atoms with Crippen LogP contribution in [-0.2, 0) is 55.6 Å². The van der Waals surface area contributed by atoms with Gasteiger partial charge in [0.15, 0.2) is 0 Å². The molecule has 3 aromatic carbocycles. The number of hydrogen-bond acceptors (Lipinski definition) is 11. The maximum atomic E-state index is 13.1. The molecule has 1 atom stereocenters. The van der Waals surface area contributed by atoms with E-state index in [2.05, 4.69) is 19.1 Å². The molecule has 1 unspecified atom stereocenters. The van der Waals surface area contributed by atoms with Gasteiger partial charge in [0.05, 0.1) is 60.9 Å². The van der Waals surface area contributed by atoms with Crippen molar-refractivity contribution in [2.45, 2.75) is 34.1 Å². The Hall–Kier alpha value is -2.23. The summed E-state index contributed by atoms with van der Waals surface area (Å²) in [5.74, 6) is -0.0976. The van der Waals surface area contributed by atoms with Gasteiger partial charge in [-0.2, -0.15) is 0 Å². The van der Waals surface area contributed by atoms with E-state index < -0.39 is 30.1 Å². The second-order valence-corrected chi connectivity index (χ2v) is 18.1. The minimum absolute atomic E-state index is 0.0368. The lowest BCUT2D eigenvalue weighted by atomic mass is 9.85. The average molecular weight is 838 g/mol. The van der Waals surface area contributed by atoms with Gasteiger partial charge in [-0.25, -0.2) is 39.4 Å². The van der Waals surface area contributed by atoms with Crippen LogP contribution >= 0.6 is 23.2 Å². The molecule has 0 bridgehead atoms. The molecule has 0 aliphatic carbocycles. The monoisotopic (exact) mass is 836 g/mol. The summed E-state index contributed by atoms with van der Waals surface area (Å²) in [6.45, 7) is 4.99. The van der Waals surface area contributed by atoms with Gasteiger partial charge < -0.3 is 23.8 Å². The van der Waals surface area contributed by atoms with E-state index in [1.54, 1.807) is 31.2 Å².